The smallest absolute Gasteiger partial charge is 0.328 e. The normalized spacial score (nSPS) is 17.6. The molecule has 0 fully saturated rings. The molecule has 0 spiro atoms. The van der Waals surface area contributed by atoms with Gasteiger partial charge in [-0.3, -0.25) is 0 Å². The highest BCUT2D eigenvalue weighted by molar-refractivity contribution is 5.80. The Bertz CT molecular complexity index is 428. The third-order valence-corrected chi connectivity index (χ3v) is 2.59. The molecule has 1 aromatic rings. The van der Waals surface area contributed by atoms with Crippen molar-refractivity contribution in [2.24, 2.45) is 5.73 Å². The van der Waals surface area contributed by atoms with Gasteiger partial charge in [-0.2, -0.15) is 0 Å². The third kappa shape index (κ3) is 1.69. The van der Waals surface area contributed by atoms with Crippen LogP contribution in [0.15, 0.2) is 18.2 Å². The first-order chi connectivity index (χ1) is 7.51. The van der Waals surface area contributed by atoms with Crippen LogP contribution in [0.1, 0.15) is 12.5 Å². The Morgan fingerprint density at radius 2 is 2.00 bits per heavy atom. The Morgan fingerprint density at radius 3 is 2.62 bits per heavy atom. The second-order valence-corrected chi connectivity index (χ2v) is 3.87. The van der Waals surface area contributed by atoms with Gasteiger partial charge < -0.3 is 20.3 Å². The molecule has 2 rings (SSSR count). The van der Waals surface area contributed by atoms with E-state index in [1.807, 2.05) is 0 Å². The van der Waals surface area contributed by atoms with E-state index in [0.29, 0.717) is 30.3 Å². The number of ether oxygens (including phenoxy) is 2. The number of rotatable bonds is 2. The number of fused-ring (bicyclic) bond motifs is 1. The molecule has 0 saturated carbocycles. The standard InChI is InChI=1S/C11H13NO4/c1-11(12,10(13)14)7-2-3-8-9(6-7)16-5-4-15-8/h2-3,6H,4-5,12H2,1H3,(H,13,14). The molecular weight excluding hydrogens is 210 g/mol. The molecule has 0 aliphatic carbocycles. The lowest BCUT2D eigenvalue weighted by Crippen LogP contribution is -2.41. The first-order valence-electron chi connectivity index (χ1n) is 4.94. The quantitative estimate of drug-likeness (QED) is 0.771. The van der Waals surface area contributed by atoms with Crippen molar-refractivity contribution in [2.45, 2.75) is 12.5 Å². The van der Waals surface area contributed by atoms with Crippen molar-refractivity contribution in [1.82, 2.24) is 0 Å². The van der Waals surface area contributed by atoms with Gasteiger partial charge in [-0.15, -0.1) is 0 Å². The van der Waals surface area contributed by atoms with Crippen LogP contribution in [0.4, 0.5) is 0 Å². The topological polar surface area (TPSA) is 81.8 Å². The van der Waals surface area contributed by atoms with Gasteiger partial charge >= 0.3 is 5.97 Å². The van der Waals surface area contributed by atoms with Crippen LogP contribution in [0.3, 0.4) is 0 Å². The van der Waals surface area contributed by atoms with Crippen molar-refractivity contribution in [3.8, 4) is 11.5 Å². The van der Waals surface area contributed by atoms with Crippen molar-refractivity contribution in [3.05, 3.63) is 23.8 Å². The summed E-state index contributed by atoms with van der Waals surface area (Å²) in [6.07, 6.45) is 0. The molecule has 0 bridgehead atoms. The summed E-state index contributed by atoms with van der Waals surface area (Å²) in [7, 11) is 0. The number of carbonyl (C=O) groups is 1. The molecule has 0 amide bonds. The van der Waals surface area contributed by atoms with Crippen LogP contribution in [0, 0.1) is 0 Å². The monoisotopic (exact) mass is 223 g/mol. The van der Waals surface area contributed by atoms with Crippen molar-refractivity contribution < 1.29 is 19.4 Å². The molecule has 1 atom stereocenters. The summed E-state index contributed by atoms with van der Waals surface area (Å²) in [4.78, 5) is 11.0. The molecule has 5 nitrogen and oxygen atoms in total. The maximum absolute atomic E-state index is 11.0. The van der Waals surface area contributed by atoms with Gasteiger partial charge in [-0.1, -0.05) is 6.07 Å². The van der Waals surface area contributed by atoms with Crippen LogP contribution in [-0.4, -0.2) is 24.3 Å². The molecule has 0 saturated heterocycles. The maximum Gasteiger partial charge on any atom is 0.328 e. The molecule has 1 unspecified atom stereocenters. The van der Waals surface area contributed by atoms with E-state index in [0.717, 1.165) is 0 Å². The molecule has 0 aromatic heterocycles. The van der Waals surface area contributed by atoms with Crippen molar-refractivity contribution in [1.29, 1.82) is 0 Å². The van der Waals surface area contributed by atoms with Crippen LogP contribution < -0.4 is 15.2 Å². The number of carboxylic acids is 1. The van der Waals surface area contributed by atoms with Crippen LogP contribution in [0.25, 0.3) is 0 Å². The second-order valence-electron chi connectivity index (χ2n) is 3.87. The molecule has 1 aromatic carbocycles. The van der Waals surface area contributed by atoms with Gasteiger partial charge in [-0.05, 0) is 24.6 Å². The van der Waals surface area contributed by atoms with Gasteiger partial charge in [0, 0.05) is 0 Å². The first-order valence-corrected chi connectivity index (χ1v) is 4.94. The number of aliphatic carboxylic acids is 1. The highest BCUT2D eigenvalue weighted by Crippen LogP contribution is 2.33. The van der Waals surface area contributed by atoms with Gasteiger partial charge in [0.05, 0.1) is 0 Å². The van der Waals surface area contributed by atoms with E-state index in [-0.39, 0.29) is 0 Å². The fourth-order valence-electron chi connectivity index (χ4n) is 1.49. The molecular formula is C11H13NO4. The summed E-state index contributed by atoms with van der Waals surface area (Å²) in [6.45, 7) is 2.41. The second kappa shape index (κ2) is 3.68. The Balaban J connectivity index is 2.40. The zero-order chi connectivity index (χ0) is 11.8. The first kappa shape index (κ1) is 10.8. The van der Waals surface area contributed by atoms with Gasteiger partial charge in [-0.25, -0.2) is 4.79 Å². The van der Waals surface area contributed by atoms with E-state index in [2.05, 4.69) is 0 Å². The van der Waals surface area contributed by atoms with Crippen LogP contribution >= 0.6 is 0 Å². The summed E-state index contributed by atoms with van der Waals surface area (Å²) in [5.74, 6) is 0.0852. The number of nitrogens with two attached hydrogens (primary N) is 1. The minimum Gasteiger partial charge on any atom is -0.486 e. The summed E-state index contributed by atoms with van der Waals surface area (Å²) in [5.41, 5.74) is 4.79. The number of hydrogen-bond donors (Lipinski definition) is 2. The fraction of sp³-hybridized carbons (Fsp3) is 0.364. The molecule has 3 N–H and O–H groups in total. The summed E-state index contributed by atoms with van der Waals surface area (Å²) < 4.78 is 10.7. The zero-order valence-electron chi connectivity index (χ0n) is 8.90. The van der Waals surface area contributed by atoms with Crippen molar-refractivity contribution in [3.63, 3.8) is 0 Å². The molecule has 5 heteroatoms. The highest BCUT2D eigenvalue weighted by atomic mass is 16.6. The van der Waals surface area contributed by atoms with Crippen molar-refractivity contribution >= 4 is 5.97 Å². The van der Waals surface area contributed by atoms with Crippen LogP contribution in [0.5, 0.6) is 11.5 Å². The van der Waals surface area contributed by atoms with Gasteiger partial charge in [0.25, 0.3) is 0 Å². The molecule has 0 radical (unpaired) electrons. The van der Waals surface area contributed by atoms with Gasteiger partial charge in [0.2, 0.25) is 0 Å². The maximum atomic E-state index is 11.0. The highest BCUT2D eigenvalue weighted by Gasteiger charge is 2.31. The Morgan fingerprint density at radius 1 is 1.38 bits per heavy atom. The Kier molecular flexibility index (Phi) is 2.47. The van der Waals surface area contributed by atoms with Crippen LogP contribution in [0.2, 0.25) is 0 Å². The van der Waals surface area contributed by atoms with E-state index in [1.165, 1.54) is 6.92 Å². The van der Waals surface area contributed by atoms with E-state index < -0.39 is 11.5 Å². The molecule has 1 aliphatic heterocycles. The van der Waals surface area contributed by atoms with Gasteiger partial charge in [0.1, 0.15) is 18.8 Å². The lowest BCUT2D eigenvalue weighted by molar-refractivity contribution is -0.143. The minimum atomic E-state index is -1.42. The zero-order valence-corrected chi connectivity index (χ0v) is 8.90. The predicted octanol–water partition coefficient (Wildman–Crippen LogP) is 0.716. The summed E-state index contributed by atoms with van der Waals surface area (Å²) in [5, 5.41) is 9.00. The van der Waals surface area contributed by atoms with Gasteiger partial charge in [0.15, 0.2) is 11.5 Å². The lowest BCUT2D eigenvalue weighted by atomic mass is 9.93. The lowest BCUT2D eigenvalue weighted by Gasteiger charge is -2.23. The number of hydrogen-bond acceptors (Lipinski definition) is 4. The summed E-state index contributed by atoms with van der Waals surface area (Å²) >= 11 is 0. The third-order valence-electron chi connectivity index (χ3n) is 2.59. The Hall–Kier alpha value is -1.75. The molecule has 1 heterocycles. The molecule has 1 aliphatic rings. The van der Waals surface area contributed by atoms with Crippen LogP contribution in [-0.2, 0) is 10.3 Å². The van der Waals surface area contributed by atoms with E-state index in [4.69, 9.17) is 20.3 Å². The average Bonchev–Trinajstić information content (AvgIpc) is 2.28. The van der Waals surface area contributed by atoms with Crippen molar-refractivity contribution in [2.75, 3.05) is 13.2 Å². The summed E-state index contributed by atoms with van der Waals surface area (Å²) in [6, 6.07) is 4.93. The Labute approximate surface area is 92.8 Å². The average molecular weight is 223 g/mol. The van der Waals surface area contributed by atoms with E-state index in [9.17, 15) is 4.79 Å². The van der Waals surface area contributed by atoms with E-state index in [1.54, 1.807) is 18.2 Å². The minimum absolute atomic E-state index is 0.463. The van der Waals surface area contributed by atoms with E-state index >= 15 is 0 Å². The largest absolute Gasteiger partial charge is 0.486 e. The molecule has 86 valence electrons. The number of carboxylic acid groups (broad SMARTS) is 1. The fourth-order valence-corrected chi connectivity index (χ4v) is 1.49. The number of benzene rings is 1. The SMILES string of the molecule is CC(N)(C(=O)O)c1ccc2c(c1)OCCO2. The molecule has 16 heavy (non-hydrogen) atoms. The predicted molar refractivity (Wildman–Crippen MR) is 56.6 cm³/mol.